The molecule has 2 aliphatic rings. The number of aliphatic hydroxyl groups excluding tert-OH is 2. The van der Waals surface area contributed by atoms with E-state index in [1.165, 1.54) is 49.6 Å². The minimum absolute atomic E-state index is 0.00322. The largest absolute Gasteiger partial charge is 0.478 e. The number of hydrogen-bond acceptors (Lipinski definition) is 19. The molecule has 4 heterocycles. The summed E-state index contributed by atoms with van der Waals surface area (Å²) in [6.07, 6.45) is -0.534. The van der Waals surface area contributed by atoms with Gasteiger partial charge < -0.3 is 59.9 Å². The third-order valence-electron chi connectivity index (χ3n) is 12.8. The summed E-state index contributed by atoms with van der Waals surface area (Å²) in [5.74, 6) is -4.84. The SMILES string of the molecule is C=c1ccc2c(c1S(=O)(=O)O)Oc1c(ccc(N)c1S(=O)(=O)O)C=2c1ccc(C(=O)NCCCCCCn2cc(-c3ccc(CO/N=c4/ccn([C@@H]5O[C@H](COP(=O)(O)CP(=O)(O)O)C(O)[C@@H]5O)c(=O)n4C)cc3)nn2)cc1C(=O)O. The Balaban J connectivity index is 0.820. The van der Waals surface area contributed by atoms with Crippen LogP contribution in [0.3, 0.4) is 0 Å². The number of unbranched alkanes of at least 4 members (excludes halogenated alkanes) is 3. The summed E-state index contributed by atoms with van der Waals surface area (Å²) in [6.45, 7) is 3.58. The lowest BCUT2D eigenvalue weighted by molar-refractivity contribution is -0.0530. The molecule has 432 valence electrons. The lowest BCUT2D eigenvalue weighted by Gasteiger charge is -2.25. The lowest BCUT2D eigenvalue weighted by atomic mass is 9.88. The van der Waals surface area contributed by atoms with Crippen LogP contribution in [0.5, 0.6) is 11.5 Å². The number of ether oxygens (including phenoxy) is 2. The van der Waals surface area contributed by atoms with Crippen molar-refractivity contribution in [2.45, 2.75) is 73.2 Å². The van der Waals surface area contributed by atoms with Crippen molar-refractivity contribution in [3.63, 3.8) is 0 Å². The molecule has 2 aliphatic heterocycles. The van der Waals surface area contributed by atoms with Gasteiger partial charge in [-0.1, -0.05) is 66.2 Å². The van der Waals surface area contributed by atoms with E-state index in [0.29, 0.717) is 30.6 Å². The van der Waals surface area contributed by atoms with Crippen LogP contribution in [0.25, 0.3) is 23.4 Å². The van der Waals surface area contributed by atoms with Gasteiger partial charge in [0.15, 0.2) is 34.0 Å². The van der Waals surface area contributed by atoms with Crippen LogP contribution in [0.2, 0.25) is 0 Å². The van der Waals surface area contributed by atoms with Crippen LogP contribution >= 0.6 is 15.2 Å². The first kappa shape index (κ1) is 59.9. The number of nitrogen functional groups attached to an aromatic ring is 1. The van der Waals surface area contributed by atoms with E-state index in [9.17, 15) is 69.7 Å². The minimum atomic E-state index is -5.15. The molecule has 6 aromatic rings. The van der Waals surface area contributed by atoms with E-state index in [1.807, 2.05) is 12.1 Å². The molecule has 11 N–H and O–H groups in total. The van der Waals surface area contributed by atoms with Gasteiger partial charge in [0.1, 0.15) is 35.5 Å². The molecule has 81 heavy (non-hydrogen) atoms. The molecule has 8 rings (SSSR count). The Kier molecular flexibility index (Phi) is 17.5. The molecule has 33 heteroatoms. The third-order valence-corrected chi connectivity index (χ3v) is 18.2. The molecule has 2 aromatic heterocycles. The number of nitrogens with one attached hydrogen (secondary N) is 1. The number of fused-ring (bicyclic) bond motifs is 2. The number of carbonyl (C=O) groups is 2. The maximum Gasteiger partial charge on any atom is 0.340 e. The van der Waals surface area contributed by atoms with Gasteiger partial charge in [-0.15, -0.1) is 5.10 Å². The Morgan fingerprint density at radius 1 is 0.889 bits per heavy atom. The Morgan fingerprint density at radius 3 is 2.26 bits per heavy atom. The van der Waals surface area contributed by atoms with Gasteiger partial charge in [-0.2, -0.15) is 16.8 Å². The molecule has 0 bridgehead atoms. The number of carboxylic acid groups (broad SMARTS) is 1. The van der Waals surface area contributed by atoms with Crippen molar-refractivity contribution in [3.8, 4) is 22.8 Å². The van der Waals surface area contributed by atoms with Gasteiger partial charge in [0.2, 0.25) is 0 Å². The first-order valence-electron chi connectivity index (χ1n) is 24.1. The summed E-state index contributed by atoms with van der Waals surface area (Å²) in [5.41, 5.74) is 6.04. The van der Waals surface area contributed by atoms with E-state index in [-0.39, 0.29) is 51.3 Å². The molecule has 0 aliphatic carbocycles. The lowest BCUT2D eigenvalue weighted by Crippen LogP contribution is -2.42. The van der Waals surface area contributed by atoms with E-state index >= 15 is 0 Å². The number of benzene rings is 4. The molecule has 1 amide bonds. The summed E-state index contributed by atoms with van der Waals surface area (Å²) in [7, 11) is -18.6. The molecule has 0 radical (unpaired) electrons. The van der Waals surface area contributed by atoms with Gasteiger partial charge >= 0.3 is 26.9 Å². The predicted octanol–water partition coefficient (Wildman–Crippen LogP) is 0.962. The Hall–Kier alpha value is -7.22. The van der Waals surface area contributed by atoms with Crippen molar-refractivity contribution in [1.29, 1.82) is 0 Å². The van der Waals surface area contributed by atoms with Crippen molar-refractivity contribution in [3.05, 3.63) is 139 Å². The smallest absolute Gasteiger partial charge is 0.340 e. The van der Waals surface area contributed by atoms with Crippen molar-refractivity contribution >= 4 is 65.1 Å². The highest BCUT2D eigenvalue weighted by molar-refractivity contribution is 7.86. The second-order valence-electron chi connectivity index (χ2n) is 18.6. The second kappa shape index (κ2) is 23.7. The molecular formula is C48H52N8O21P2S2. The number of nitrogens with two attached hydrogens (primary N) is 1. The third kappa shape index (κ3) is 13.6. The number of aromatic nitrogens is 5. The molecule has 4 aromatic carbocycles. The van der Waals surface area contributed by atoms with Gasteiger partial charge in [0.05, 0.1) is 24.1 Å². The number of nitrogens with zero attached hydrogens (tertiary/aromatic N) is 6. The fourth-order valence-electron chi connectivity index (χ4n) is 8.92. The average molecular weight is 1200 g/mol. The van der Waals surface area contributed by atoms with E-state index in [1.54, 1.807) is 23.0 Å². The van der Waals surface area contributed by atoms with Gasteiger partial charge in [0, 0.05) is 59.9 Å². The monoisotopic (exact) mass is 1200 g/mol. The Bertz CT molecular complexity index is 4060. The number of hydrogen-bond donors (Lipinski definition) is 10. The number of aliphatic hydroxyl groups is 2. The fourth-order valence-corrected chi connectivity index (χ4v) is 13.0. The summed E-state index contributed by atoms with van der Waals surface area (Å²) < 4.78 is 113. The van der Waals surface area contributed by atoms with Gasteiger partial charge in [-0.3, -0.25) is 36.8 Å². The summed E-state index contributed by atoms with van der Waals surface area (Å²) in [6, 6.07) is 17.2. The molecule has 2 unspecified atom stereocenters. The van der Waals surface area contributed by atoms with Crippen molar-refractivity contribution < 1.29 is 93.5 Å². The van der Waals surface area contributed by atoms with Crippen molar-refractivity contribution in [2.75, 3.05) is 24.8 Å². The van der Waals surface area contributed by atoms with E-state index in [0.717, 1.165) is 39.7 Å². The first-order chi connectivity index (χ1) is 38.0. The van der Waals surface area contributed by atoms with Crippen molar-refractivity contribution in [2.24, 2.45) is 12.2 Å². The van der Waals surface area contributed by atoms with Crippen LogP contribution in [0.1, 0.15) is 69.3 Å². The second-order valence-corrected chi connectivity index (χ2v) is 25.3. The fraction of sp³-hybridized carbons (Fsp3) is 0.292. The maximum atomic E-state index is 13.3. The standard InChI is InChI=1S/C48H52N8O21P2S2/c1-26-7-13-31-38(32-15-16-34(49)44(81(71,72)73)42(32)77-41(31)43(26)80(68,69)70)30-14-12-29(21-33(30)47(60)61)45(59)50-18-5-3-4-6-19-55-22-35(51-53-55)28-10-8-27(9-11-28)23-74-52-37-17-20-56(48(62)54(37)2)46-40(58)39(57)36(76-46)24-75-79(66,67)25-78(63,64)65/h7-17,20-22,36,39-40,46,57-58H,1,3-6,18-19,23-25,49H2,2H3,(H,50,59)(H,60,61)(H,66,67)(H2,63,64,65)(H,68,69,70)(H,71,72,73)/b52-37-/t36-,39?,40+,46-/m1/s1. The average Bonchev–Trinajstić information content (AvgIpc) is 4.00. The van der Waals surface area contributed by atoms with Gasteiger partial charge in [-0.05, 0) is 59.5 Å². The van der Waals surface area contributed by atoms with E-state index in [4.69, 9.17) is 34.4 Å². The number of rotatable bonds is 22. The normalized spacial score (nSPS) is 18.2. The zero-order valence-electron chi connectivity index (χ0n) is 42.3. The number of anilines is 1. The zero-order chi connectivity index (χ0) is 58.9. The van der Waals surface area contributed by atoms with Crippen LogP contribution in [0.4, 0.5) is 5.69 Å². The highest BCUT2D eigenvalue weighted by Crippen LogP contribution is 2.55. The topological polar surface area (TPSA) is 443 Å². The molecule has 29 nitrogen and oxygen atoms in total. The number of amides is 1. The van der Waals surface area contributed by atoms with Crippen LogP contribution in [-0.2, 0) is 63.7 Å². The van der Waals surface area contributed by atoms with Crippen LogP contribution < -0.4 is 37.4 Å². The quantitative estimate of drug-likeness (QED) is 0.0149. The number of carboxylic acids is 1. The number of aryl methyl sites for hydroxylation is 1. The zero-order valence-corrected chi connectivity index (χ0v) is 45.7. The molecular weight excluding hydrogens is 1150 g/mol. The highest BCUT2D eigenvalue weighted by Gasteiger charge is 2.46. The molecule has 1 fully saturated rings. The molecule has 5 atom stereocenters. The van der Waals surface area contributed by atoms with Crippen LogP contribution in [0.15, 0.2) is 105 Å². The molecule has 0 saturated carbocycles. The van der Waals surface area contributed by atoms with Gasteiger partial charge in [-0.25, -0.2) is 9.59 Å². The van der Waals surface area contributed by atoms with Crippen molar-refractivity contribution in [1.82, 2.24) is 29.4 Å². The molecule has 1 saturated heterocycles. The summed E-state index contributed by atoms with van der Waals surface area (Å²) >= 11 is 0. The maximum absolute atomic E-state index is 13.3. The Morgan fingerprint density at radius 2 is 1.58 bits per heavy atom. The molecule has 0 spiro atoms. The minimum Gasteiger partial charge on any atom is -0.478 e. The Labute approximate surface area is 458 Å². The van der Waals surface area contributed by atoms with Gasteiger partial charge in [0.25, 0.3) is 26.1 Å². The number of aromatic carboxylic acids is 1. The summed E-state index contributed by atoms with van der Waals surface area (Å²) in [4.78, 5) is 70.8. The highest BCUT2D eigenvalue weighted by atomic mass is 32.2. The van der Waals surface area contributed by atoms with E-state index in [2.05, 4.69) is 27.4 Å². The first-order valence-corrected chi connectivity index (χ1v) is 30.5. The predicted molar refractivity (Wildman–Crippen MR) is 282 cm³/mol. The van der Waals surface area contributed by atoms with Crippen LogP contribution in [0, 0.1) is 0 Å². The van der Waals surface area contributed by atoms with E-state index < -0.39 is 123 Å². The van der Waals surface area contributed by atoms with Crippen LogP contribution in [-0.4, -0.2) is 129 Å². The summed E-state index contributed by atoms with van der Waals surface area (Å²) in [5, 5.41) is 46.4. The number of carbonyl (C=O) groups excluding carboxylic acids is 1.